The Balaban J connectivity index is 1.50. The molecular weight excluding hydrogens is 242 g/mol. The maximum Gasteiger partial charge on any atom is 0.117 e. The lowest BCUT2D eigenvalue weighted by Gasteiger charge is -2.04. The molecule has 108 valence electrons. The minimum Gasteiger partial charge on any atom is -0.464 e. The Bertz CT molecular complexity index is 364. The summed E-state index contributed by atoms with van der Waals surface area (Å²) in [5.74, 6) is 3.67. The Hall–Kier alpha value is -0.840. The van der Waals surface area contributed by atoms with Crippen molar-refractivity contribution in [2.24, 2.45) is 5.92 Å². The zero-order valence-corrected chi connectivity index (χ0v) is 12.0. The zero-order chi connectivity index (χ0) is 13.5. The molecular formula is C15H25NO3. The summed E-state index contributed by atoms with van der Waals surface area (Å²) < 4.78 is 16.1. The van der Waals surface area contributed by atoms with Crippen LogP contribution in [0.2, 0.25) is 0 Å². The molecule has 2 atom stereocenters. The fraction of sp³-hybridized carbons (Fsp3) is 0.733. The van der Waals surface area contributed by atoms with Gasteiger partial charge in [0.2, 0.25) is 0 Å². The molecule has 0 amide bonds. The van der Waals surface area contributed by atoms with Crippen LogP contribution >= 0.6 is 0 Å². The van der Waals surface area contributed by atoms with Crippen molar-refractivity contribution in [2.75, 3.05) is 33.5 Å². The fourth-order valence-electron chi connectivity index (χ4n) is 2.16. The van der Waals surface area contributed by atoms with Crippen LogP contribution in [-0.4, -0.2) is 33.5 Å². The van der Waals surface area contributed by atoms with Crippen molar-refractivity contribution in [1.29, 1.82) is 0 Å². The summed E-state index contributed by atoms with van der Waals surface area (Å²) in [7, 11) is 1.69. The predicted octanol–water partition coefficient (Wildman–Crippen LogP) is 2.55. The Labute approximate surface area is 115 Å². The van der Waals surface area contributed by atoms with Gasteiger partial charge in [0.05, 0.1) is 19.8 Å². The lowest BCUT2D eigenvalue weighted by Crippen LogP contribution is -2.16. The van der Waals surface area contributed by atoms with Crippen molar-refractivity contribution in [3.05, 3.63) is 23.7 Å². The third kappa shape index (κ3) is 4.97. The van der Waals surface area contributed by atoms with Gasteiger partial charge in [0.15, 0.2) is 0 Å². The highest BCUT2D eigenvalue weighted by Gasteiger charge is 2.36. The minimum atomic E-state index is 0.669. The maximum atomic E-state index is 5.83. The second-order valence-electron chi connectivity index (χ2n) is 5.26. The van der Waals surface area contributed by atoms with Crippen LogP contribution in [0.25, 0.3) is 0 Å². The van der Waals surface area contributed by atoms with E-state index in [1.807, 2.05) is 0 Å². The van der Waals surface area contributed by atoms with E-state index >= 15 is 0 Å². The van der Waals surface area contributed by atoms with Crippen molar-refractivity contribution < 1.29 is 13.9 Å². The quantitative estimate of drug-likeness (QED) is 0.662. The van der Waals surface area contributed by atoms with Crippen molar-refractivity contribution in [1.82, 2.24) is 5.32 Å². The molecule has 1 aliphatic rings. The van der Waals surface area contributed by atoms with Crippen LogP contribution in [-0.2, 0) is 16.0 Å². The number of ether oxygens (including phenoxy) is 2. The van der Waals surface area contributed by atoms with Crippen LogP contribution in [0.1, 0.15) is 37.2 Å². The molecule has 0 bridgehead atoms. The van der Waals surface area contributed by atoms with E-state index < -0.39 is 0 Å². The van der Waals surface area contributed by atoms with Crippen LogP contribution in [0, 0.1) is 5.92 Å². The average molecular weight is 267 g/mol. The first-order valence-corrected chi connectivity index (χ1v) is 7.17. The van der Waals surface area contributed by atoms with E-state index in [0.29, 0.717) is 19.1 Å². The van der Waals surface area contributed by atoms with Gasteiger partial charge in [-0.15, -0.1) is 0 Å². The monoisotopic (exact) mass is 267 g/mol. The number of hydrogen-bond donors (Lipinski definition) is 1. The first kappa shape index (κ1) is 14.6. The first-order chi connectivity index (χ1) is 9.31. The van der Waals surface area contributed by atoms with Gasteiger partial charge in [-0.3, -0.25) is 0 Å². The van der Waals surface area contributed by atoms with Crippen molar-refractivity contribution in [2.45, 2.75) is 32.2 Å². The molecule has 1 saturated carbocycles. The van der Waals surface area contributed by atoms with Crippen LogP contribution in [0.3, 0.4) is 0 Å². The predicted molar refractivity (Wildman–Crippen MR) is 74.2 cm³/mol. The van der Waals surface area contributed by atoms with Gasteiger partial charge in [-0.05, 0) is 37.4 Å². The van der Waals surface area contributed by atoms with Gasteiger partial charge in [-0.25, -0.2) is 0 Å². The van der Waals surface area contributed by atoms with Crippen LogP contribution < -0.4 is 5.32 Å². The topological polar surface area (TPSA) is 43.6 Å². The SMILES string of the molecule is COCCOCCCNCc1ccc(C2CC2C)o1. The molecule has 1 fully saturated rings. The highest BCUT2D eigenvalue weighted by atomic mass is 16.5. The molecule has 2 rings (SSSR count). The highest BCUT2D eigenvalue weighted by Crippen LogP contribution is 2.47. The molecule has 0 spiro atoms. The molecule has 1 heterocycles. The van der Waals surface area contributed by atoms with E-state index in [1.54, 1.807) is 7.11 Å². The third-order valence-electron chi connectivity index (χ3n) is 3.53. The third-order valence-corrected chi connectivity index (χ3v) is 3.53. The second kappa shape index (κ2) is 7.68. The Morgan fingerprint density at radius 1 is 1.32 bits per heavy atom. The van der Waals surface area contributed by atoms with E-state index in [9.17, 15) is 0 Å². The lowest BCUT2D eigenvalue weighted by molar-refractivity contribution is 0.0694. The molecule has 1 aromatic heterocycles. The average Bonchev–Trinajstić information content (AvgIpc) is 2.96. The second-order valence-corrected chi connectivity index (χ2v) is 5.26. The summed E-state index contributed by atoms with van der Waals surface area (Å²) in [6.07, 6.45) is 2.29. The molecule has 1 aliphatic carbocycles. The van der Waals surface area contributed by atoms with Crippen molar-refractivity contribution >= 4 is 0 Å². The van der Waals surface area contributed by atoms with Gasteiger partial charge in [-0.2, -0.15) is 0 Å². The molecule has 2 unspecified atom stereocenters. The van der Waals surface area contributed by atoms with E-state index in [1.165, 1.54) is 6.42 Å². The molecule has 0 aromatic carbocycles. The highest BCUT2D eigenvalue weighted by molar-refractivity contribution is 5.17. The molecule has 0 saturated heterocycles. The van der Waals surface area contributed by atoms with Gasteiger partial charge in [0.25, 0.3) is 0 Å². The Morgan fingerprint density at radius 2 is 2.16 bits per heavy atom. The van der Waals surface area contributed by atoms with Gasteiger partial charge < -0.3 is 19.2 Å². The van der Waals surface area contributed by atoms with Crippen LogP contribution in [0.5, 0.6) is 0 Å². The van der Waals surface area contributed by atoms with Crippen molar-refractivity contribution in [3.8, 4) is 0 Å². The molecule has 0 radical (unpaired) electrons. The number of nitrogens with one attached hydrogen (secondary N) is 1. The molecule has 1 aromatic rings. The molecule has 1 N–H and O–H groups in total. The summed E-state index contributed by atoms with van der Waals surface area (Å²) in [5, 5.41) is 3.37. The molecule has 4 nitrogen and oxygen atoms in total. The Morgan fingerprint density at radius 3 is 2.89 bits per heavy atom. The number of furan rings is 1. The summed E-state index contributed by atoms with van der Waals surface area (Å²) in [5.41, 5.74) is 0. The fourth-order valence-corrected chi connectivity index (χ4v) is 2.16. The first-order valence-electron chi connectivity index (χ1n) is 7.17. The van der Waals surface area contributed by atoms with E-state index in [-0.39, 0.29) is 0 Å². The summed E-state index contributed by atoms with van der Waals surface area (Å²) in [4.78, 5) is 0. The maximum absolute atomic E-state index is 5.83. The summed E-state index contributed by atoms with van der Waals surface area (Å²) >= 11 is 0. The smallest absolute Gasteiger partial charge is 0.117 e. The summed E-state index contributed by atoms with van der Waals surface area (Å²) in [6.45, 7) is 6.15. The van der Waals surface area contributed by atoms with Gasteiger partial charge in [0, 0.05) is 19.6 Å². The normalized spacial score (nSPS) is 21.8. The van der Waals surface area contributed by atoms with Crippen LogP contribution in [0.15, 0.2) is 16.5 Å². The Kier molecular flexibility index (Phi) is 5.89. The standard InChI is InChI=1S/C15H25NO3/c1-12-10-14(12)15-5-4-13(19-15)11-16-6-3-7-18-9-8-17-2/h4-5,12,14,16H,3,6-11H2,1-2H3. The zero-order valence-electron chi connectivity index (χ0n) is 12.0. The van der Waals surface area contributed by atoms with Crippen molar-refractivity contribution in [3.63, 3.8) is 0 Å². The van der Waals surface area contributed by atoms with E-state index in [2.05, 4.69) is 24.4 Å². The number of rotatable bonds is 10. The number of hydrogen-bond acceptors (Lipinski definition) is 4. The lowest BCUT2D eigenvalue weighted by atomic mass is 10.3. The molecule has 4 heteroatoms. The number of methoxy groups -OCH3 is 1. The van der Waals surface area contributed by atoms with Gasteiger partial charge >= 0.3 is 0 Å². The van der Waals surface area contributed by atoms with Gasteiger partial charge in [0.1, 0.15) is 11.5 Å². The van der Waals surface area contributed by atoms with Gasteiger partial charge in [-0.1, -0.05) is 6.92 Å². The minimum absolute atomic E-state index is 0.669. The largest absolute Gasteiger partial charge is 0.464 e. The molecule has 19 heavy (non-hydrogen) atoms. The summed E-state index contributed by atoms with van der Waals surface area (Å²) in [6, 6.07) is 4.21. The molecule has 0 aliphatic heterocycles. The van der Waals surface area contributed by atoms with E-state index in [4.69, 9.17) is 13.9 Å². The van der Waals surface area contributed by atoms with E-state index in [0.717, 1.165) is 43.6 Å². The van der Waals surface area contributed by atoms with Crippen LogP contribution in [0.4, 0.5) is 0 Å².